The van der Waals surface area contributed by atoms with Crippen LogP contribution in [-0.4, -0.2) is 18.9 Å². The summed E-state index contributed by atoms with van der Waals surface area (Å²) in [6.45, 7) is 3.43. The minimum absolute atomic E-state index is 0.0867. The molecule has 3 nitrogen and oxygen atoms in total. The molecule has 0 saturated carbocycles. The van der Waals surface area contributed by atoms with Gasteiger partial charge in [0.1, 0.15) is 0 Å². The summed E-state index contributed by atoms with van der Waals surface area (Å²) in [4.78, 5) is 1.98. The Labute approximate surface area is 128 Å². The second-order valence-electron chi connectivity index (χ2n) is 5.84. The molecule has 1 aliphatic heterocycles. The summed E-state index contributed by atoms with van der Waals surface area (Å²) >= 11 is 0. The number of amidine groups is 1. The first kappa shape index (κ1) is 16.6. The van der Waals surface area contributed by atoms with Crippen molar-refractivity contribution in [2.45, 2.75) is 32.4 Å². The van der Waals surface area contributed by atoms with Gasteiger partial charge in [0.25, 0.3) is 0 Å². The second kappa shape index (κ2) is 6.58. The molecule has 1 aliphatic rings. The highest BCUT2D eigenvalue weighted by Gasteiger charge is 2.32. The lowest BCUT2D eigenvalue weighted by Gasteiger charge is -2.36. The van der Waals surface area contributed by atoms with Gasteiger partial charge in [0.05, 0.1) is 11.4 Å². The zero-order valence-electron chi connectivity index (χ0n) is 12.7. The highest BCUT2D eigenvalue weighted by Crippen LogP contribution is 2.34. The Morgan fingerprint density at radius 1 is 1.36 bits per heavy atom. The van der Waals surface area contributed by atoms with Crippen LogP contribution in [0, 0.1) is 17.2 Å². The fraction of sp³-hybridized carbons (Fsp3) is 0.562. The van der Waals surface area contributed by atoms with Gasteiger partial charge in [-0.25, -0.2) is 0 Å². The third-order valence-corrected chi connectivity index (χ3v) is 4.49. The number of hydrogen-bond acceptors (Lipinski definition) is 2. The summed E-state index contributed by atoms with van der Waals surface area (Å²) in [5, 5.41) is 7.64. The molecule has 1 aromatic rings. The molecule has 0 radical (unpaired) electrons. The molecule has 6 heteroatoms. The summed E-state index contributed by atoms with van der Waals surface area (Å²) < 4.78 is 38.3. The predicted octanol–water partition coefficient (Wildman–Crippen LogP) is 3.88. The van der Waals surface area contributed by atoms with Gasteiger partial charge in [0.15, 0.2) is 0 Å². The smallest absolute Gasteiger partial charge is 0.387 e. The number of benzene rings is 1. The zero-order valence-corrected chi connectivity index (χ0v) is 12.7. The fourth-order valence-corrected chi connectivity index (χ4v) is 3.25. The molecule has 1 atom stereocenters. The average molecular weight is 313 g/mol. The van der Waals surface area contributed by atoms with Crippen LogP contribution >= 0.6 is 0 Å². The van der Waals surface area contributed by atoms with Crippen molar-refractivity contribution in [1.29, 1.82) is 5.41 Å². The number of nitrogens with zero attached hydrogens (tertiary/aromatic N) is 1. The van der Waals surface area contributed by atoms with Crippen molar-refractivity contribution < 1.29 is 13.2 Å². The number of halogens is 3. The van der Waals surface area contributed by atoms with E-state index in [-0.39, 0.29) is 11.8 Å². The van der Waals surface area contributed by atoms with Gasteiger partial charge in [-0.05, 0) is 43.4 Å². The van der Waals surface area contributed by atoms with E-state index in [2.05, 4.69) is 0 Å². The molecule has 0 amide bonds. The topological polar surface area (TPSA) is 53.1 Å². The lowest BCUT2D eigenvalue weighted by Crippen LogP contribution is -2.39. The van der Waals surface area contributed by atoms with E-state index in [0.29, 0.717) is 24.7 Å². The lowest BCUT2D eigenvalue weighted by atomic mass is 9.82. The lowest BCUT2D eigenvalue weighted by molar-refractivity contribution is -0.137. The van der Waals surface area contributed by atoms with E-state index in [1.54, 1.807) is 6.07 Å². The third-order valence-electron chi connectivity index (χ3n) is 4.49. The molecule has 1 saturated heterocycles. The maximum absolute atomic E-state index is 12.8. The maximum atomic E-state index is 12.8. The van der Waals surface area contributed by atoms with Crippen LogP contribution in [0.3, 0.4) is 0 Å². The van der Waals surface area contributed by atoms with Crippen molar-refractivity contribution in [3.63, 3.8) is 0 Å². The van der Waals surface area contributed by atoms with Crippen molar-refractivity contribution in [1.82, 2.24) is 0 Å². The molecule has 0 spiro atoms. The normalized spacial score (nSPS) is 18.3. The molecular formula is C16H22F3N3. The Bertz CT molecular complexity index is 520. The maximum Gasteiger partial charge on any atom is 0.416 e. The van der Waals surface area contributed by atoms with Crippen LogP contribution in [0.15, 0.2) is 24.3 Å². The van der Waals surface area contributed by atoms with Crippen LogP contribution < -0.4 is 10.6 Å². The minimum atomic E-state index is -4.31. The van der Waals surface area contributed by atoms with Gasteiger partial charge in [-0.3, -0.25) is 5.41 Å². The van der Waals surface area contributed by atoms with Gasteiger partial charge in [0.2, 0.25) is 0 Å². The highest BCUT2D eigenvalue weighted by molar-refractivity contribution is 5.79. The average Bonchev–Trinajstić information content (AvgIpc) is 2.47. The van der Waals surface area contributed by atoms with E-state index in [9.17, 15) is 13.2 Å². The second-order valence-corrected chi connectivity index (χ2v) is 5.84. The Morgan fingerprint density at radius 2 is 2.00 bits per heavy atom. The summed E-state index contributed by atoms with van der Waals surface area (Å²) in [6.07, 6.45) is -1.76. The van der Waals surface area contributed by atoms with Gasteiger partial charge < -0.3 is 10.6 Å². The Kier molecular flexibility index (Phi) is 4.98. The zero-order chi connectivity index (χ0) is 16.3. The minimum Gasteiger partial charge on any atom is -0.387 e. The van der Waals surface area contributed by atoms with Crippen LogP contribution in [-0.2, 0) is 6.18 Å². The number of rotatable bonds is 4. The SMILES string of the molecule is CCC(C(=N)N)C1CCN(c2cccc(C(F)(F)F)c2)CC1. The Morgan fingerprint density at radius 3 is 2.50 bits per heavy atom. The van der Waals surface area contributed by atoms with Gasteiger partial charge >= 0.3 is 6.18 Å². The first-order valence-electron chi connectivity index (χ1n) is 7.59. The molecule has 0 bridgehead atoms. The number of nitrogens with one attached hydrogen (secondary N) is 1. The van der Waals surface area contributed by atoms with Crippen LogP contribution in [0.2, 0.25) is 0 Å². The van der Waals surface area contributed by atoms with E-state index in [1.807, 2.05) is 11.8 Å². The Hall–Kier alpha value is -1.72. The van der Waals surface area contributed by atoms with Gasteiger partial charge in [0, 0.05) is 24.7 Å². The first-order chi connectivity index (χ1) is 10.3. The quantitative estimate of drug-likeness (QED) is 0.654. The van der Waals surface area contributed by atoms with Crippen LogP contribution in [0.25, 0.3) is 0 Å². The standard InChI is InChI=1S/C16H22F3N3/c1-2-14(15(20)21)11-6-8-22(9-7-11)13-5-3-4-12(10-13)16(17,18)19/h3-5,10-11,14H,2,6-9H2,1H3,(H3,20,21). The third kappa shape index (κ3) is 3.72. The summed E-state index contributed by atoms with van der Waals surface area (Å²) in [6, 6.07) is 5.48. The summed E-state index contributed by atoms with van der Waals surface area (Å²) in [7, 11) is 0. The number of anilines is 1. The molecule has 0 aromatic heterocycles. The number of piperidine rings is 1. The van der Waals surface area contributed by atoms with Gasteiger partial charge in [-0.15, -0.1) is 0 Å². The monoisotopic (exact) mass is 313 g/mol. The molecule has 22 heavy (non-hydrogen) atoms. The molecule has 0 aliphatic carbocycles. The highest BCUT2D eigenvalue weighted by atomic mass is 19.4. The number of hydrogen-bond donors (Lipinski definition) is 2. The molecule has 1 fully saturated rings. The van der Waals surface area contributed by atoms with Crippen molar-refractivity contribution in [3.05, 3.63) is 29.8 Å². The van der Waals surface area contributed by atoms with E-state index < -0.39 is 11.7 Å². The van der Waals surface area contributed by atoms with E-state index in [0.717, 1.165) is 25.3 Å². The molecular weight excluding hydrogens is 291 g/mol. The molecule has 2 rings (SSSR count). The summed E-state index contributed by atoms with van der Waals surface area (Å²) in [5.41, 5.74) is 5.64. The van der Waals surface area contributed by atoms with E-state index in [1.165, 1.54) is 12.1 Å². The molecule has 1 aromatic carbocycles. The van der Waals surface area contributed by atoms with Gasteiger partial charge in [-0.2, -0.15) is 13.2 Å². The fourth-order valence-electron chi connectivity index (χ4n) is 3.25. The van der Waals surface area contributed by atoms with Crippen LogP contribution in [0.4, 0.5) is 18.9 Å². The largest absolute Gasteiger partial charge is 0.416 e. The van der Waals surface area contributed by atoms with Crippen molar-refractivity contribution in [2.24, 2.45) is 17.6 Å². The van der Waals surface area contributed by atoms with Crippen molar-refractivity contribution >= 4 is 11.5 Å². The predicted molar refractivity (Wildman–Crippen MR) is 82.1 cm³/mol. The molecule has 1 unspecified atom stereocenters. The summed E-state index contributed by atoms with van der Waals surface area (Å²) in [5.74, 6) is 0.660. The number of alkyl halides is 3. The van der Waals surface area contributed by atoms with Crippen molar-refractivity contribution in [2.75, 3.05) is 18.0 Å². The van der Waals surface area contributed by atoms with E-state index >= 15 is 0 Å². The van der Waals surface area contributed by atoms with Crippen LogP contribution in [0.1, 0.15) is 31.7 Å². The first-order valence-corrected chi connectivity index (χ1v) is 7.59. The number of nitrogens with two attached hydrogens (primary N) is 1. The molecule has 122 valence electrons. The van der Waals surface area contributed by atoms with Gasteiger partial charge in [-0.1, -0.05) is 13.0 Å². The molecule has 1 heterocycles. The molecule has 3 N–H and O–H groups in total. The van der Waals surface area contributed by atoms with E-state index in [4.69, 9.17) is 11.1 Å². The Balaban J connectivity index is 2.04. The van der Waals surface area contributed by atoms with Crippen molar-refractivity contribution in [3.8, 4) is 0 Å². The van der Waals surface area contributed by atoms with Crippen LogP contribution in [0.5, 0.6) is 0 Å².